The van der Waals surface area contributed by atoms with E-state index in [0.29, 0.717) is 9.68 Å². The van der Waals surface area contributed by atoms with Gasteiger partial charge in [0.25, 0.3) is 11.8 Å². The molecule has 0 aliphatic heterocycles. The second-order valence-electron chi connectivity index (χ2n) is 4.07. The summed E-state index contributed by atoms with van der Waals surface area (Å²) < 4.78 is 2.65. The number of carbonyl (C=O) groups excluding carboxylic acids is 2. The van der Waals surface area contributed by atoms with Crippen LogP contribution in [-0.2, 0) is 11.8 Å². The van der Waals surface area contributed by atoms with Crippen LogP contribution < -0.4 is 4.80 Å². The summed E-state index contributed by atoms with van der Waals surface area (Å²) in [5, 5.41) is 1.85. The van der Waals surface area contributed by atoms with Crippen LogP contribution in [0.2, 0.25) is 0 Å². The predicted octanol–water partition coefficient (Wildman–Crippen LogP) is 2.11. The molecule has 5 nitrogen and oxygen atoms in total. The fraction of sp³-hybridized carbons (Fsp3) is 0.250. The smallest absolute Gasteiger partial charge is 0.267 e. The third kappa shape index (κ3) is 3.65. The molecule has 0 saturated heterocycles. The quantitative estimate of drug-likeness (QED) is 0.827. The van der Waals surface area contributed by atoms with Gasteiger partial charge in [0.1, 0.15) is 6.54 Å². The van der Waals surface area contributed by atoms with Gasteiger partial charge in [0.2, 0.25) is 0 Å². The molecule has 2 rings (SSSR count). The van der Waals surface area contributed by atoms with Crippen molar-refractivity contribution in [2.75, 3.05) is 13.6 Å². The van der Waals surface area contributed by atoms with Crippen molar-refractivity contribution in [3.63, 3.8) is 0 Å². The van der Waals surface area contributed by atoms with Crippen LogP contribution in [0.3, 0.4) is 0 Å². The molecule has 2 amide bonds. The van der Waals surface area contributed by atoms with Gasteiger partial charge in [-0.05, 0) is 28.1 Å². The van der Waals surface area contributed by atoms with Crippen LogP contribution in [0, 0.1) is 0 Å². The van der Waals surface area contributed by atoms with Crippen molar-refractivity contribution in [3.05, 3.63) is 37.2 Å². The SMILES string of the molecule is CN(CC(=O)N=c1sccn1C)C(=O)c1ccc(Br)s1. The van der Waals surface area contributed by atoms with E-state index in [1.165, 1.54) is 27.6 Å². The van der Waals surface area contributed by atoms with Crippen LogP contribution in [0.5, 0.6) is 0 Å². The van der Waals surface area contributed by atoms with E-state index in [9.17, 15) is 9.59 Å². The Kier molecular flexibility index (Phi) is 4.90. The summed E-state index contributed by atoms with van der Waals surface area (Å²) in [5.74, 6) is -0.519. The molecule has 2 heterocycles. The maximum atomic E-state index is 12.1. The minimum Gasteiger partial charge on any atom is -0.332 e. The van der Waals surface area contributed by atoms with Crippen LogP contribution in [0.4, 0.5) is 0 Å². The molecule has 0 aromatic carbocycles. The fourth-order valence-electron chi connectivity index (χ4n) is 1.47. The number of halogens is 1. The van der Waals surface area contributed by atoms with E-state index in [0.717, 1.165) is 3.79 Å². The van der Waals surface area contributed by atoms with Crippen LogP contribution in [-0.4, -0.2) is 34.9 Å². The number of likely N-dealkylation sites (N-methyl/N-ethyl adjacent to an activating group) is 1. The highest BCUT2D eigenvalue weighted by Gasteiger charge is 2.16. The largest absolute Gasteiger partial charge is 0.332 e. The lowest BCUT2D eigenvalue weighted by Crippen LogP contribution is -2.31. The Labute approximate surface area is 132 Å². The molecular weight excluding hydrogens is 362 g/mol. The number of amides is 2. The van der Waals surface area contributed by atoms with Crippen molar-refractivity contribution in [3.8, 4) is 0 Å². The Morgan fingerprint density at radius 1 is 1.45 bits per heavy atom. The van der Waals surface area contributed by atoms with Gasteiger partial charge >= 0.3 is 0 Å². The van der Waals surface area contributed by atoms with E-state index < -0.39 is 0 Å². The van der Waals surface area contributed by atoms with E-state index >= 15 is 0 Å². The number of hydrogen-bond donors (Lipinski definition) is 0. The van der Waals surface area contributed by atoms with Gasteiger partial charge in [-0.2, -0.15) is 4.99 Å². The molecule has 0 aliphatic rings. The minimum atomic E-state index is -0.338. The molecule has 0 unspecified atom stereocenters. The van der Waals surface area contributed by atoms with Crippen molar-refractivity contribution < 1.29 is 9.59 Å². The number of aryl methyl sites for hydroxylation is 1. The standard InChI is InChI=1S/C12H12BrN3O2S2/c1-15-5-6-19-12(15)14-10(17)7-16(2)11(18)8-3-4-9(13)20-8/h3-6H,7H2,1-2H3. The number of thiazole rings is 1. The van der Waals surface area contributed by atoms with Gasteiger partial charge in [0, 0.05) is 25.7 Å². The second-order valence-corrected chi connectivity index (χ2v) is 7.40. The molecule has 0 aliphatic carbocycles. The van der Waals surface area contributed by atoms with Gasteiger partial charge < -0.3 is 9.47 Å². The van der Waals surface area contributed by atoms with E-state index in [-0.39, 0.29) is 18.4 Å². The van der Waals surface area contributed by atoms with Gasteiger partial charge in [-0.3, -0.25) is 9.59 Å². The Balaban J connectivity index is 2.05. The van der Waals surface area contributed by atoms with E-state index in [1.807, 2.05) is 24.7 Å². The summed E-state index contributed by atoms with van der Waals surface area (Å²) >= 11 is 6.03. The van der Waals surface area contributed by atoms with E-state index in [2.05, 4.69) is 20.9 Å². The summed E-state index contributed by atoms with van der Waals surface area (Å²) in [4.78, 5) is 30.5. The highest BCUT2D eigenvalue weighted by molar-refractivity contribution is 9.11. The zero-order valence-electron chi connectivity index (χ0n) is 10.9. The molecule has 0 N–H and O–H groups in total. The lowest BCUT2D eigenvalue weighted by molar-refractivity contribution is -0.118. The topological polar surface area (TPSA) is 54.7 Å². The Morgan fingerprint density at radius 3 is 2.75 bits per heavy atom. The van der Waals surface area contributed by atoms with Crippen LogP contribution in [0.15, 0.2) is 32.5 Å². The summed E-state index contributed by atoms with van der Waals surface area (Å²) in [6, 6.07) is 3.54. The Hall–Kier alpha value is -1.25. The normalized spacial score (nSPS) is 11.7. The molecular formula is C12H12BrN3O2S2. The number of thiophene rings is 1. The molecule has 0 bridgehead atoms. The van der Waals surface area contributed by atoms with E-state index in [1.54, 1.807) is 17.7 Å². The third-order valence-corrected chi connectivity index (χ3v) is 4.94. The van der Waals surface area contributed by atoms with Gasteiger partial charge in [0.15, 0.2) is 4.80 Å². The average molecular weight is 374 g/mol. The van der Waals surface area contributed by atoms with Crippen molar-refractivity contribution in [2.24, 2.45) is 12.0 Å². The average Bonchev–Trinajstić information content (AvgIpc) is 2.98. The number of nitrogens with zero attached hydrogens (tertiary/aromatic N) is 3. The first-order chi connectivity index (χ1) is 9.47. The third-order valence-electron chi connectivity index (χ3n) is 2.48. The molecule has 2 aromatic heterocycles. The first-order valence-electron chi connectivity index (χ1n) is 5.66. The molecule has 0 radical (unpaired) electrons. The van der Waals surface area contributed by atoms with Crippen molar-refractivity contribution in [1.82, 2.24) is 9.47 Å². The minimum absolute atomic E-state index is 0.0355. The number of aromatic nitrogens is 1. The molecule has 20 heavy (non-hydrogen) atoms. The summed E-state index contributed by atoms with van der Waals surface area (Å²) in [7, 11) is 3.42. The molecule has 2 aromatic rings. The Morgan fingerprint density at radius 2 is 2.20 bits per heavy atom. The highest BCUT2D eigenvalue weighted by atomic mass is 79.9. The lowest BCUT2D eigenvalue weighted by atomic mass is 10.4. The maximum Gasteiger partial charge on any atom is 0.267 e. The van der Waals surface area contributed by atoms with Crippen molar-refractivity contribution in [1.29, 1.82) is 0 Å². The van der Waals surface area contributed by atoms with Crippen LogP contribution in [0.25, 0.3) is 0 Å². The van der Waals surface area contributed by atoms with E-state index in [4.69, 9.17) is 0 Å². The van der Waals surface area contributed by atoms with Crippen LogP contribution >= 0.6 is 38.6 Å². The maximum absolute atomic E-state index is 12.1. The summed E-state index contributed by atoms with van der Waals surface area (Å²) in [6.07, 6.45) is 1.83. The first kappa shape index (κ1) is 15.1. The highest BCUT2D eigenvalue weighted by Crippen LogP contribution is 2.22. The van der Waals surface area contributed by atoms with Crippen molar-refractivity contribution in [2.45, 2.75) is 0 Å². The molecule has 0 fully saturated rings. The molecule has 0 saturated carbocycles. The fourth-order valence-corrected chi connectivity index (χ4v) is 3.60. The second kappa shape index (κ2) is 6.47. The monoisotopic (exact) mass is 373 g/mol. The van der Waals surface area contributed by atoms with Gasteiger partial charge in [-0.15, -0.1) is 22.7 Å². The van der Waals surface area contributed by atoms with Gasteiger partial charge in [-0.1, -0.05) is 0 Å². The van der Waals surface area contributed by atoms with Gasteiger partial charge in [-0.25, -0.2) is 0 Å². The molecule has 0 spiro atoms. The molecule has 8 heteroatoms. The summed E-state index contributed by atoms with van der Waals surface area (Å²) in [6.45, 7) is -0.0355. The zero-order valence-corrected chi connectivity index (χ0v) is 14.1. The molecule has 106 valence electrons. The summed E-state index contributed by atoms with van der Waals surface area (Å²) in [5.41, 5.74) is 0. The van der Waals surface area contributed by atoms with Crippen LogP contribution in [0.1, 0.15) is 9.67 Å². The Bertz CT molecular complexity index is 701. The number of carbonyl (C=O) groups is 2. The molecule has 0 atom stereocenters. The van der Waals surface area contributed by atoms with Gasteiger partial charge in [0.05, 0.1) is 8.66 Å². The first-order valence-corrected chi connectivity index (χ1v) is 8.15. The van der Waals surface area contributed by atoms with Crippen molar-refractivity contribution >= 4 is 50.4 Å². The number of hydrogen-bond acceptors (Lipinski definition) is 4. The zero-order chi connectivity index (χ0) is 14.7. The number of rotatable bonds is 3. The lowest BCUT2D eigenvalue weighted by Gasteiger charge is -2.13. The predicted molar refractivity (Wildman–Crippen MR) is 82.8 cm³/mol.